The lowest BCUT2D eigenvalue weighted by Crippen LogP contribution is -2.09. The van der Waals surface area contributed by atoms with Gasteiger partial charge in [0, 0.05) is 37.8 Å². The Balaban J connectivity index is 1.69. The molecule has 4 nitrogen and oxygen atoms in total. The minimum Gasteiger partial charge on any atom is -0.323 e. The first-order chi connectivity index (χ1) is 12.7. The van der Waals surface area contributed by atoms with Crippen molar-refractivity contribution in [2.24, 2.45) is 9.98 Å². The van der Waals surface area contributed by atoms with Gasteiger partial charge in [-0.3, -0.25) is 14.8 Å². The van der Waals surface area contributed by atoms with Gasteiger partial charge < -0.3 is 5.32 Å². The molecule has 1 N–H and O–H groups in total. The van der Waals surface area contributed by atoms with Crippen molar-refractivity contribution in [3.05, 3.63) is 64.8 Å². The van der Waals surface area contributed by atoms with Gasteiger partial charge in [0.25, 0.3) is 0 Å². The Labute approximate surface area is 155 Å². The Kier molecular flexibility index (Phi) is 5.95. The van der Waals surface area contributed by atoms with Gasteiger partial charge in [0.05, 0.1) is 0 Å². The van der Waals surface area contributed by atoms with Crippen LogP contribution in [-0.4, -0.2) is 31.9 Å². The average molecular weight is 347 g/mol. The Hall–Kier alpha value is -2.75. The summed E-state index contributed by atoms with van der Waals surface area (Å²) in [5.74, 6) is 0.587. The highest BCUT2D eigenvalue weighted by molar-refractivity contribution is 6.01. The third-order valence-corrected chi connectivity index (χ3v) is 4.64. The summed E-state index contributed by atoms with van der Waals surface area (Å²) in [7, 11) is 1.76. The van der Waals surface area contributed by atoms with E-state index in [1.807, 2.05) is 43.6 Å². The lowest BCUT2D eigenvalue weighted by atomic mass is 9.95. The molecule has 0 bridgehead atoms. The summed E-state index contributed by atoms with van der Waals surface area (Å²) < 4.78 is 0. The third kappa shape index (κ3) is 4.66. The van der Waals surface area contributed by atoms with Crippen LogP contribution in [0.25, 0.3) is 0 Å². The van der Waals surface area contributed by atoms with Gasteiger partial charge in [-0.05, 0) is 72.6 Å². The Bertz CT molecular complexity index is 806. The number of nitrogens with zero attached hydrogens (tertiary/aromatic N) is 2. The van der Waals surface area contributed by atoms with E-state index in [1.54, 1.807) is 13.1 Å². The Morgan fingerprint density at radius 1 is 1.27 bits per heavy atom. The van der Waals surface area contributed by atoms with Crippen molar-refractivity contribution in [2.45, 2.75) is 32.1 Å². The maximum absolute atomic E-state index is 12.3. The number of hydrogen-bond donors (Lipinski definition) is 1. The molecule has 1 amide bonds. The topological polar surface area (TPSA) is 53.8 Å². The summed E-state index contributed by atoms with van der Waals surface area (Å²) in [5.41, 5.74) is 5.40. The molecule has 0 unspecified atom stereocenters. The molecule has 1 aliphatic heterocycles. The second-order valence-corrected chi connectivity index (χ2v) is 6.57. The molecule has 0 aromatic heterocycles. The summed E-state index contributed by atoms with van der Waals surface area (Å²) in [6.45, 7) is 2.76. The number of hydrogen-bond acceptors (Lipinski definition) is 3. The van der Waals surface area contributed by atoms with Crippen LogP contribution in [0.4, 0.5) is 5.69 Å². The minimum atomic E-state index is -0.138. The quantitative estimate of drug-likeness (QED) is 0.599. The number of benzene rings is 1. The first kappa shape index (κ1) is 18.1. The summed E-state index contributed by atoms with van der Waals surface area (Å²) in [6.07, 6.45) is 12.5. The van der Waals surface area contributed by atoms with E-state index in [2.05, 4.69) is 27.4 Å². The number of carbonyl (C=O) groups is 1. The van der Waals surface area contributed by atoms with Crippen molar-refractivity contribution in [3.8, 4) is 0 Å². The Morgan fingerprint density at radius 3 is 2.69 bits per heavy atom. The van der Waals surface area contributed by atoms with Crippen LogP contribution in [0, 0.1) is 0 Å². The lowest BCUT2D eigenvalue weighted by molar-refractivity contribution is -0.111. The van der Waals surface area contributed by atoms with Crippen molar-refractivity contribution in [2.75, 3.05) is 18.9 Å². The number of amides is 1. The van der Waals surface area contributed by atoms with Gasteiger partial charge in [0.1, 0.15) is 0 Å². The first-order valence-electron chi connectivity index (χ1n) is 9.12. The van der Waals surface area contributed by atoms with E-state index in [0.29, 0.717) is 0 Å². The molecule has 0 atom stereocenters. The average Bonchev–Trinajstić information content (AvgIpc) is 3.51. The molecular formula is C22H25N3O. The van der Waals surface area contributed by atoms with Gasteiger partial charge in [-0.15, -0.1) is 0 Å². The molecule has 1 saturated carbocycles. The van der Waals surface area contributed by atoms with E-state index in [4.69, 9.17) is 0 Å². The molecule has 26 heavy (non-hydrogen) atoms. The fourth-order valence-electron chi connectivity index (χ4n) is 3.09. The molecule has 0 spiro atoms. The standard InChI is InChI=1S/C22H25N3O/c1-3-16(14-23-2)21-12-13-24-15-19(21)8-11-22(26)25-20-9-6-18(7-10-20)17-4-5-17/h3,6-11,14-15,17H,4-5,12-13H2,1-2H3,(H,25,26)/b11-8+,16-3+,23-14?. The van der Waals surface area contributed by atoms with Crippen LogP contribution in [0.2, 0.25) is 0 Å². The predicted octanol–water partition coefficient (Wildman–Crippen LogP) is 4.48. The molecule has 4 heteroatoms. The maximum Gasteiger partial charge on any atom is 0.248 e. The zero-order valence-electron chi connectivity index (χ0n) is 15.4. The molecule has 3 rings (SSSR count). The number of dihydropyridines is 1. The number of aliphatic imine (C=N–C) groups is 2. The first-order valence-corrected chi connectivity index (χ1v) is 9.12. The lowest BCUT2D eigenvalue weighted by Gasteiger charge is -2.14. The second-order valence-electron chi connectivity index (χ2n) is 6.57. The van der Waals surface area contributed by atoms with Gasteiger partial charge in [-0.1, -0.05) is 18.2 Å². The number of allylic oxidation sites excluding steroid dienone is 4. The van der Waals surface area contributed by atoms with Crippen LogP contribution in [-0.2, 0) is 4.79 Å². The molecule has 1 aromatic rings. The molecule has 2 aliphatic rings. The van der Waals surface area contributed by atoms with E-state index >= 15 is 0 Å². The zero-order valence-corrected chi connectivity index (χ0v) is 15.4. The van der Waals surface area contributed by atoms with Crippen molar-refractivity contribution in [1.82, 2.24) is 0 Å². The van der Waals surface area contributed by atoms with E-state index in [0.717, 1.165) is 35.7 Å². The van der Waals surface area contributed by atoms with Crippen LogP contribution in [0.5, 0.6) is 0 Å². The van der Waals surface area contributed by atoms with Crippen LogP contribution in [0.15, 0.2) is 69.2 Å². The number of nitrogens with one attached hydrogen (secondary N) is 1. The third-order valence-electron chi connectivity index (χ3n) is 4.64. The fourth-order valence-corrected chi connectivity index (χ4v) is 3.09. The van der Waals surface area contributed by atoms with E-state index < -0.39 is 0 Å². The summed E-state index contributed by atoms with van der Waals surface area (Å²) in [6, 6.07) is 8.16. The van der Waals surface area contributed by atoms with Crippen molar-refractivity contribution >= 4 is 24.0 Å². The van der Waals surface area contributed by atoms with Crippen molar-refractivity contribution < 1.29 is 4.79 Å². The van der Waals surface area contributed by atoms with Crippen LogP contribution >= 0.6 is 0 Å². The SMILES string of the molecule is C/C=C(\C=NC)C1=C(/C=C/C(=O)Nc2ccc(C3CC3)cc2)C=NCC1. The molecule has 1 aromatic carbocycles. The highest BCUT2D eigenvalue weighted by Gasteiger charge is 2.22. The maximum atomic E-state index is 12.3. The predicted molar refractivity (Wildman–Crippen MR) is 109 cm³/mol. The highest BCUT2D eigenvalue weighted by atomic mass is 16.1. The fraction of sp³-hybridized carbons (Fsp3) is 0.318. The van der Waals surface area contributed by atoms with Crippen LogP contribution in [0.3, 0.4) is 0 Å². The largest absolute Gasteiger partial charge is 0.323 e. The summed E-state index contributed by atoms with van der Waals surface area (Å²) in [5, 5.41) is 2.92. The summed E-state index contributed by atoms with van der Waals surface area (Å²) >= 11 is 0. The van der Waals surface area contributed by atoms with E-state index in [9.17, 15) is 4.79 Å². The molecular weight excluding hydrogens is 322 g/mol. The number of anilines is 1. The van der Waals surface area contributed by atoms with Gasteiger partial charge >= 0.3 is 0 Å². The van der Waals surface area contributed by atoms with E-state index in [-0.39, 0.29) is 5.91 Å². The molecule has 1 aliphatic carbocycles. The minimum absolute atomic E-state index is 0.138. The zero-order chi connectivity index (χ0) is 18.4. The van der Waals surface area contributed by atoms with E-state index in [1.165, 1.54) is 24.0 Å². The second kappa shape index (κ2) is 8.56. The van der Waals surface area contributed by atoms with Gasteiger partial charge in [-0.25, -0.2) is 0 Å². The molecule has 1 fully saturated rings. The normalized spacial score (nSPS) is 18.2. The highest BCUT2D eigenvalue weighted by Crippen LogP contribution is 2.40. The number of carbonyl (C=O) groups excluding carboxylic acids is 1. The van der Waals surface area contributed by atoms with Crippen molar-refractivity contribution in [1.29, 1.82) is 0 Å². The molecule has 1 heterocycles. The van der Waals surface area contributed by atoms with Gasteiger partial charge in [-0.2, -0.15) is 0 Å². The monoisotopic (exact) mass is 347 g/mol. The molecule has 0 saturated heterocycles. The Morgan fingerprint density at radius 2 is 2.04 bits per heavy atom. The van der Waals surface area contributed by atoms with Crippen LogP contribution in [0.1, 0.15) is 37.7 Å². The smallest absolute Gasteiger partial charge is 0.248 e. The van der Waals surface area contributed by atoms with Crippen molar-refractivity contribution in [3.63, 3.8) is 0 Å². The number of rotatable bonds is 6. The molecule has 134 valence electrons. The summed E-state index contributed by atoms with van der Waals surface area (Å²) in [4.78, 5) is 20.7. The van der Waals surface area contributed by atoms with Gasteiger partial charge in [0.2, 0.25) is 5.91 Å². The molecule has 0 radical (unpaired) electrons. The van der Waals surface area contributed by atoms with Crippen LogP contribution < -0.4 is 5.32 Å². The van der Waals surface area contributed by atoms with Gasteiger partial charge in [0.15, 0.2) is 0 Å².